The fourth-order valence-corrected chi connectivity index (χ4v) is 9.07. The van der Waals surface area contributed by atoms with Gasteiger partial charge in [-0.3, -0.25) is 33.6 Å². The molecule has 0 saturated heterocycles. The van der Waals surface area contributed by atoms with E-state index in [1.165, 1.54) is 0 Å². The number of carboxylic acid groups (broad SMARTS) is 1. The molecule has 0 bridgehead atoms. The summed E-state index contributed by atoms with van der Waals surface area (Å²) in [5.41, 5.74) is 26.8. The Balaban J connectivity index is 1.62. The number of amides is 4. The molecule has 0 aliphatic rings. The summed E-state index contributed by atoms with van der Waals surface area (Å²) >= 11 is 0. The number of Topliss-reactive ketones (excluding diaryl/α,β-unsaturated/α-hetero) is 3. The summed E-state index contributed by atoms with van der Waals surface area (Å²) in [6, 6.07) is 23.1. The highest BCUT2D eigenvalue weighted by atomic mass is 16.4. The van der Waals surface area contributed by atoms with E-state index in [1.54, 1.807) is 0 Å². The van der Waals surface area contributed by atoms with Crippen LogP contribution in [0.1, 0.15) is 121 Å². The predicted molar refractivity (Wildman–Crippen MR) is 292 cm³/mol. The minimum atomic E-state index is -1.29. The van der Waals surface area contributed by atoms with Crippen molar-refractivity contribution in [1.82, 2.24) is 21.3 Å². The van der Waals surface area contributed by atoms with Crippen molar-refractivity contribution in [3.05, 3.63) is 108 Å². The van der Waals surface area contributed by atoms with Gasteiger partial charge in [-0.1, -0.05) is 119 Å². The lowest BCUT2D eigenvalue weighted by Gasteiger charge is -2.25. The molecule has 412 valence electrons. The molecule has 0 radical (unpaired) electrons. The maximum absolute atomic E-state index is 14.1. The molecular weight excluding hydrogens is 953 g/mol. The van der Waals surface area contributed by atoms with E-state index in [9.17, 15) is 43.5 Å². The number of rotatable bonds is 38. The second-order valence-corrected chi connectivity index (χ2v) is 20.8. The summed E-state index contributed by atoms with van der Waals surface area (Å²) in [6.45, 7) is 8.37. The molecule has 3 aromatic rings. The van der Waals surface area contributed by atoms with Gasteiger partial charge in [0.1, 0.15) is 6.04 Å². The monoisotopic (exact) mass is 1040 g/mol. The highest BCUT2D eigenvalue weighted by Gasteiger charge is 2.34. The number of hydrogen-bond acceptors (Lipinski definition) is 12. The highest BCUT2D eigenvalue weighted by molar-refractivity contribution is 5.96. The molecule has 0 saturated carbocycles. The number of nitrogens with one attached hydrogen (secondary N) is 4. The van der Waals surface area contributed by atoms with Crippen molar-refractivity contribution in [3.63, 3.8) is 0 Å². The predicted octanol–water partition coefficient (Wildman–Crippen LogP) is 4.49. The van der Waals surface area contributed by atoms with E-state index < -0.39 is 71.7 Å². The molecule has 0 heterocycles. The van der Waals surface area contributed by atoms with Crippen LogP contribution in [0.25, 0.3) is 0 Å². The first-order valence-electron chi connectivity index (χ1n) is 26.8. The summed E-state index contributed by atoms with van der Waals surface area (Å²) < 4.78 is 0. The number of aliphatic carboxylic acids is 1. The van der Waals surface area contributed by atoms with Crippen LogP contribution in [0.3, 0.4) is 0 Å². The van der Waals surface area contributed by atoms with Crippen molar-refractivity contribution >= 4 is 46.9 Å². The molecule has 0 spiro atoms. The quantitative estimate of drug-likeness (QED) is 0.0358. The summed E-state index contributed by atoms with van der Waals surface area (Å²) in [6.07, 6.45) is 3.02. The Morgan fingerprint density at radius 2 is 0.853 bits per heavy atom. The van der Waals surface area contributed by atoms with Gasteiger partial charge >= 0.3 is 5.97 Å². The lowest BCUT2D eigenvalue weighted by Crippen LogP contribution is -2.50. The van der Waals surface area contributed by atoms with Gasteiger partial charge in [-0.25, -0.2) is 4.79 Å². The number of carbonyl (C=O) groups is 8. The lowest BCUT2D eigenvalue weighted by atomic mass is 9.88. The van der Waals surface area contributed by atoms with E-state index in [0.717, 1.165) is 16.7 Å². The second kappa shape index (κ2) is 34.4. The first kappa shape index (κ1) is 63.2. The Kier molecular flexibility index (Phi) is 29.0. The minimum Gasteiger partial charge on any atom is -0.480 e. The average Bonchev–Trinajstić information content (AvgIpc) is 3.37. The molecule has 4 amide bonds. The van der Waals surface area contributed by atoms with E-state index in [-0.39, 0.29) is 99.7 Å². The third-order valence-electron chi connectivity index (χ3n) is 13.3. The fraction of sp³-hybridized carbons (Fsp3) is 0.552. The van der Waals surface area contributed by atoms with Crippen LogP contribution in [-0.4, -0.2) is 102 Å². The fourth-order valence-electron chi connectivity index (χ4n) is 9.07. The number of unbranched alkanes of at least 4 members (excludes halogenated alkanes) is 1. The van der Waals surface area contributed by atoms with Gasteiger partial charge < -0.3 is 49.3 Å². The number of benzene rings is 3. The van der Waals surface area contributed by atoms with Crippen molar-refractivity contribution in [2.45, 2.75) is 154 Å². The Morgan fingerprint density at radius 3 is 1.31 bits per heavy atom. The Labute approximate surface area is 444 Å². The normalized spacial score (nSPS) is 14.6. The van der Waals surface area contributed by atoms with Crippen LogP contribution in [0.2, 0.25) is 0 Å². The van der Waals surface area contributed by atoms with Crippen molar-refractivity contribution < 1.29 is 43.5 Å². The standard InChI is InChI=1S/C58H86N8O9/c1-38(2)30-49(65-56(72)45(32-40-18-8-5-9-19-40)37-51(67)46(61)33-41-20-10-6-11-21-41)52(68)35-43(24-16-27-59)54(70)63-29-15-14-26-48(58(74)75)64-55(71)44(25-17-28-60)36-53(69)50(31-39(3)4)66-57(73)47(62)34-42-22-12-7-13-23-42/h5-13,18-23,38-39,43-50H,14-17,24-37,59-62H2,1-4H3,(H,63,70)(H,64,71)(H,65,72)(H,66,73)(H,74,75)/t43-,44-,45-,46+,47+,48+,49+,50+/m0/s1. The van der Waals surface area contributed by atoms with Gasteiger partial charge in [0.15, 0.2) is 17.3 Å². The first-order chi connectivity index (χ1) is 35.8. The molecule has 3 aromatic carbocycles. The molecule has 0 unspecified atom stereocenters. The molecule has 75 heavy (non-hydrogen) atoms. The lowest BCUT2D eigenvalue weighted by molar-refractivity contribution is -0.143. The molecule has 0 aromatic heterocycles. The van der Waals surface area contributed by atoms with Gasteiger partial charge in [0.05, 0.1) is 24.2 Å². The van der Waals surface area contributed by atoms with Gasteiger partial charge in [-0.2, -0.15) is 0 Å². The zero-order chi connectivity index (χ0) is 55.3. The third kappa shape index (κ3) is 24.4. The van der Waals surface area contributed by atoms with E-state index in [4.69, 9.17) is 22.9 Å². The van der Waals surface area contributed by atoms with Gasteiger partial charge in [-0.15, -0.1) is 0 Å². The molecule has 17 nitrogen and oxygen atoms in total. The van der Waals surface area contributed by atoms with Crippen LogP contribution in [0.15, 0.2) is 91.0 Å². The van der Waals surface area contributed by atoms with Crippen molar-refractivity contribution in [3.8, 4) is 0 Å². The van der Waals surface area contributed by atoms with E-state index >= 15 is 0 Å². The Bertz CT molecular complexity index is 2230. The van der Waals surface area contributed by atoms with Crippen molar-refractivity contribution in [2.75, 3.05) is 19.6 Å². The van der Waals surface area contributed by atoms with E-state index in [2.05, 4.69) is 21.3 Å². The summed E-state index contributed by atoms with van der Waals surface area (Å²) in [4.78, 5) is 109. The third-order valence-corrected chi connectivity index (χ3v) is 13.3. The van der Waals surface area contributed by atoms with Crippen LogP contribution < -0.4 is 44.2 Å². The SMILES string of the molecule is CC(C)C[C@@H](NC(=O)[C@H](CC(=O)[C@H](N)Cc1ccccc1)Cc1ccccc1)C(=O)C[C@H](CCCN)C(=O)NCCCC[C@@H](NC(=O)[C@@H](CCCN)CC(=O)[C@@H](CC(C)C)NC(=O)[C@H](N)Cc1ccccc1)C(=O)O. The zero-order valence-electron chi connectivity index (χ0n) is 44.7. The number of carboxylic acids is 1. The first-order valence-corrected chi connectivity index (χ1v) is 26.8. The molecule has 3 rings (SSSR count). The molecule has 13 N–H and O–H groups in total. The van der Waals surface area contributed by atoms with E-state index in [0.29, 0.717) is 51.4 Å². The molecule has 8 atom stereocenters. The minimum absolute atomic E-state index is 0.000399. The van der Waals surface area contributed by atoms with E-state index in [1.807, 2.05) is 119 Å². The largest absolute Gasteiger partial charge is 0.480 e. The van der Waals surface area contributed by atoms with Crippen molar-refractivity contribution in [1.29, 1.82) is 0 Å². The maximum atomic E-state index is 14.1. The van der Waals surface area contributed by atoms with Crippen LogP contribution >= 0.6 is 0 Å². The van der Waals surface area contributed by atoms with Gasteiger partial charge in [-0.05, 0) is 119 Å². The average molecular weight is 1040 g/mol. The molecular formula is C58H86N8O9. The van der Waals surface area contributed by atoms with Gasteiger partial charge in [0, 0.05) is 43.6 Å². The van der Waals surface area contributed by atoms with Crippen LogP contribution in [0, 0.1) is 29.6 Å². The van der Waals surface area contributed by atoms with Crippen molar-refractivity contribution in [2.24, 2.45) is 52.5 Å². The second-order valence-electron chi connectivity index (χ2n) is 20.8. The smallest absolute Gasteiger partial charge is 0.326 e. The van der Waals surface area contributed by atoms with Crippen LogP contribution in [0.4, 0.5) is 0 Å². The number of nitrogens with two attached hydrogens (primary N) is 4. The molecule has 17 heteroatoms. The zero-order valence-corrected chi connectivity index (χ0v) is 44.7. The number of hydrogen-bond donors (Lipinski definition) is 9. The molecule has 0 aliphatic carbocycles. The maximum Gasteiger partial charge on any atom is 0.326 e. The summed E-state index contributed by atoms with van der Waals surface area (Å²) in [5.74, 6) is -6.61. The van der Waals surface area contributed by atoms with Gasteiger partial charge in [0.25, 0.3) is 0 Å². The molecule has 0 aliphatic heterocycles. The number of carbonyl (C=O) groups excluding carboxylic acids is 7. The topological polar surface area (TPSA) is 309 Å². The molecule has 0 fully saturated rings. The van der Waals surface area contributed by atoms with Gasteiger partial charge in [0.2, 0.25) is 23.6 Å². The summed E-state index contributed by atoms with van der Waals surface area (Å²) in [7, 11) is 0. The Morgan fingerprint density at radius 1 is 0.453 bits per heavy atom. The Hall–Kier alpha value is -6.14. The number of ketones is 3. The highest BCUT2D eigenvalue weighted by Crippen LogP contribution is 2.21. The van der Waals surface area contributed by atoms with Crippen LogP contribution in [0.5, 0.6) is 0 Å². The van der Waals surface area contributed by atoms with Crippen LogP contribution in [-0.2, 0) is 57.6 Å². The summed E-state index contributed by atoms with van der Waals surface area (Å²) in [5, 5.41) is 21.4.